The molecule has 30 heavy (non-hydrogen) atoms. The van der Waals surface area contributed by atoms with Gasteiger partial charge in [-0.15, -0.1) is 0 Å². The molecular formula is C23H34N4O2S. The lowest BCUT2D eigenvalue weighted by Gasteiger charge is -2.41. The standard InChI is InChI=1S/C23H34N4O2S/c1-23(2,26-14-8-4-9-15-26)17-24-20(28)13-5-3-10-16-27-21(29)18-11-6-7-12-19(18)25-22(27)30/h6-7,11-12H,3-5,8-10,13-17H2,1-2H3,(H,24,28)(H,25,30). The third kappa shape index (κ3) is 5.79. The SMILES string of the molecule is CC(C)(CNC(=O)CCCCCn1c(=S)[nH]c2ccccc2c1=O)N1CCCCC1. The summed E-state index contributed by atoms with van der Waals surface area (Å²) in [7, 11) is 0. The number of likely N-dealkylation sites (tertiary alicyclic amines) is 1. The Morgan fingerprint density at radius 1 is 1.13 bits per heavy atom. The summed E-state index contributed by atoms with van der Waals surface area (Å²) in [6, 6.07) is 7.42. The Morgan fingerprint density at radius 3 is 2.63 bits per heavy atom. The van der Waals surface area contributed by atoms with E-state index in [4.69, 9.17) is 12.2 Å². The van der Waals surface area contributed by atoms with E-state index in [0.717, 1.165) is 37.9 Å². The molecule has 0 atom stereocenters. The van der Waals surface area contributed by atoms with Crippen LogP contribution in [0.5, 0.6) is 0 Å². The third-order valence-electron chi connectivity index (χ3n) is 6.11. The van der Waals surface area contributed by atoms with Crippen LogP contribution in [-0.4, -0.2) is 45.5 Å². The van der Waals surface area contributed by atoms with Gasteiger partial charge in [-0.1, -0.05) is 25.0 Å². The van der Waals surface area contributed by atoms with Crippen molar-refractivity contribution >= 4 is 29.0 Å². The fourth-order valence-corrected chi connectivity index (χ4v) is 4.43. The van der Waals surface area contributed by atoms with E-state index >= 15 is 0 Å². The number of nitrogens with zero attached hydrogens (tertiary/aromatic N) is 2. The van der Waals surface area contributed by atoms with Crippen LogP contribution in [0, 0.1) is 4.77 Å². The lowest BCUT2D eigenvalue weighted by Crippen LogP contribution is -2.53. The average Bonchev–Trinajstić information content (AvgIpc) is 2.75. The van der Waals surface area contributed by atoms with Crippen LogP contribution in [0.1, 0.15) is 58.8 Å². The first kappa shape index (κ1) is 22.7. The Bertz CT molecular complexity index is 973. The second-order valence-electron chi connectivity index (χ2n) is 8.88. The molecule has 1 aromatic carbocycles. The zero-order valence-electron chi connectivity index (χ0n) is 18.2. The number of benzene rings is 1. The van der Waals surface area contributed by atoms with Crippen LogP contribution in [0.4, 0.5) is 0 Å². The van der Waals surface area contributed by atoms with Gasteiger partial charge in [0.05, 0.1) is 10.9 Å². The van der Waals surface area contributed by atoms with E-state index in [9.17, 15) is 9.59 Å². The second-order valence-corrected chi connectivity index (χ2v) is 9.27. The monoisotopic (exact) mass is 430 g/mol. The number of rotatable bonds is 9. The molecular weight excluding hydrogens is 396 g/mol. The van der Waals surface area contributed by atoms with Crippen molar-refractivity contribution in [2.45, 2.75) is 70.9 Å². The van der Waals surface area contributed by atoms with Gasteiger partial charge in [-0.05, 0) is 77.0 Å². The number of aromatic nitrogens is 2. The van der Waals surface area contributed by atoms with Gasteiger partial charge >= 0.3 is 0 Å². The van der Waals surface area contributed by atoms with Crippen molar-refractivity contribution in [2.75, 3.05) is 19.6 Å². The van der Waals surface area contributed by atoms with Crippen LogP contribution in [0.15, 0.2) is 29.1 Å². The summed E-state index contributed by atoms with van der Waals surface area (Å²) in [5, 5.41) is 3.76. The predicted octanol–water partition coefficient (Wildman–Crippen LogP) is 4.00. The maximum absolute atomic E-state index is 12.6. The van der Waals surface area contributed by atoms with Gasteiger partial charge in [-0.3, -0.25) is 19.1 Å². The molecule has 0 aliphatic carbocycles. The first-order valence-corrected chi connectivity index (χ1v) is 11.5. The Balaban J connectivity index is 1.40. The Kier molecular flexibility index (Phi) is 7.83. The third-order valence-corrected chi connectivity index (χ3v) is 6.43. The molecule has 1 saturated heterocycles. The Hall–Kier alpha value is -1.99. The maximum atomic E-state index is 12.6. The molecule has 3 rings (SSSR count). The lowest BCUT2D eigenvalue weighted by molar-refractivity contribution is -0.121. The number of hydrogen-bond acceptors (Lipinski definition) is 4. The molecule has 0 spiro atoms. The number of hydrogen-bond donors (Lipinski definition) is 2. The van der Waals surface area contributed by atoms with Crippen molar-refractivity contribution in [3.8, 4) is 0 Å². The molecule has 7 heteroatoms. The van der Waals surface area contributed by atoms with Gasteiger partial charge in [0.25, 0.3) is 5.56 Å². The molecule has 0 saturated carbocycles. The van der Waals surface area contributed by atoms with Crippen LogP contribution in [0.25, 0.3) is 10.9 Å². The highest BCUT2D eigenvalue weighted by Crippen LogP contribution is 2.19. The summed E-state index contributed by atoms with van der Waals surface area (Å²) in [4.78, 5) is 30.5. The van der Waals surface area contributed by atoms with Crippen molar-refractivity contribution in [3.05, 3.63) is 39.4 Å². The van der Waals surface area contributed by atoms with E-state index in [1.165, 1.54) is 19.3 Å². The van der Waals surface area contributed by atoms with Crippen molar-refractivity contribution in [1.82, 2.24) is 19.8 Å². The van der Waals surface area contributed by atoms with Gasteiger partial charge in [-0.2, -0.15) is 0 Å². The van der Waals surface area contributed by atoms with Gasteiger partial charge in [0.15, 0.2) is 4.77 Å². The van der Waals surface area contributed by atoms with Gasteiger partial charge in [0, 0.05) is 25.0 Å². The molecule has 0 unspecified atom stereocenters. The summed E-state index contributed by atoms with van der Waals surface area (Å²) in [5.41, 5.74) is 0.726. The average molecular weight is 431 g/mol. The highest BCUT2D eigenvalue weighted by Gasteiger charge is 2.28. The minimum atomic E-state index is -0.0490. The molecule has 1 aliphatic rings. The van der Waals surface area contributed by atoms with Crippen molar-refractivity contribution in [3.63, 3.8) is 0 Å². The molecule has 1 fully saturated rings. The van der Waals surface area contributed by atoms with E-state index in [2.05, 4.69) is 29.0 Å². The fourth-order valence-electron chi connectivity index (χ4n) is 4.15. The number of amides is 1. The number of H-pyrrole nitrogens is 1. The summed E-state index contributed by atoms with van der Waals surface area (Å²) in [6.07, 6.45) is 6.86. The number of aromatic amines is 1. The van der Waals surface area contributed by atoms with Crippen LogP contribution in [0.2, 0.25) is 0 Å². The van der Waals surface area contributed by atoms with E-state index < -0.39 is 0 Å². The van der Waals surface area contributed by atoms with Crippen LogP contribution < -0.4 is 10.9 Å². The zero-order chi connectivity index (χ0) is 21.6. The molecule has 1 aromatic heterocycles. The molecule has 2 N–H and O–H groups in total. The van der Waals surface area contributed by atoms with Crippen molar-refractivity contribution in [2.24, 2.45) is 0 Å². The molecule has 1 amide bonds. The molecule has 0 bridgehead atoms. The smallest absolute Gasteiger partial charge is 0.262 e. The van der Waals surface area contributed by atoms with E-state index in [1.54, 1.807) is 4.57 Å². The molecule has 2 aromatic rings. The largest absolute Gasteiger partial charge is 0.354 e. The summed E-state index contributed by atoms with van der Waals surface area (Å²) < 4.78 is 2.08. The number of unbranched alkanes of at least 4 members (excludes halogenated alkanes) is 2. The number of carbonyl (C=O) groups excluding carboxylic acids is 1. The maximum Gasteiger partial charge on any atom is 0.262 e. The minimum Gasteiger partial charge on any atom is -0.354 e. The van der Waals surface area contributed by atoms with Gasteiger partial charge in [-0.25, -0.2) is 0 Å². The molecule has 164 valence electrons. The number of carbonyl (C=O) groups is 1. The molecule has 2 heterocycles. The fraction of sp³-hybridized carbons (Fsp3) is 0.609. The number of para-hydroxylation sites is 1. The van der Waals surface area contributed by atoms with E-state index in [-0.39, 0.29) is 17.0 Å². The summed E-state index contributed by atoms with van der Waals surface area (Å²) in [5.74, 6) is 0.111. The second kappa shape index (κ2) is 10.4. The van der Waals surface area contributed by atoms with Crippen LogP contribution in [0.3, 0.4) is 0 Å². The quantitative estimate of drug-likeness (QED) is 0.466. The first-order valence-electron chi connectivity index (χ1n) is 11.1. The van der Waals surface area contributed by atoms with Gasteiger partial charge < -0.3 is 10.3 Å². The Morgan fingerprint density at radius 2 is 1.87 bits per heavy atom. The normalized spacial score (nSPS) is 15.4. The Labute approximate surface area is 183 Å². The number of piperidine rings is 1. The summed E-state index contributed by atoms with van der Waals surface area (Å²) in [6.45, 7) is 7.93. The number of fused-ring (bicyclic) bond motifs is 1. The van der Waals surface area contributed by atoms with Crippen molar-refractivity contribution in [1.29, 1.82) is 0 Å². The lowest BCUT2D eigenvalue weighted by atomic mass is 9.98. The highest BCUT2D eigenvalue weighted by molar-refractivity contribution is 7.71. The molecule has 0 radical (unpaired) electrons. The molecule has 1 aliphatic heterocycles. The van der Waals surface area contributed by atoms with Crippen LogP contribution >= 0.6 is 12.2 Å². The highest BCUT2D eigenvalue weighted by atomic mass is 32.1. The molecule has 6 nitrogen and oxygen atoms in total. The number of nitrogens with one attached hydrogen (secondary N) is 2. The van der Waals surface area contributed by atoms with Crippen molar-refractivity contribution < 1.29 is 4.79 Å². The first-order chi connectivity index (χ1) is 14.4. The van der Waals surface area contributed by atoms with E-state index in [0.29, 0.717) is 29.7 Å². The summed E-state index contributed by atoms with van der Waals surface area (Å²) >= 11 is 5.35. The minimum absolute atomic E-state index is 0.00366. The topological polar surface area (TPSA) is 70.1 Å². The zero-order valence-corrected chi connectivity index (χ0v) is 19.0. The van der Waals surface area contributed by atoms with Gasteiger partial charge in [0.2, 0.25) is 5.91 Å². The van der Waals surface area contributed by atoms with E-state index in [1.807, 2.05) is 24.3 Å². The van der Waals surface area contributed by atoms with Crippen LogP contribution in [-0.2, 0) is 11.3 Å². The predicted molar refractivity (Wildman–Crippen MR) is 124 cm³/mol. The van der Waals surface area contributed by atoms with Gasteiger partial charge in [0.1, 0.15) is 0 Å².